The second-order valence-corrected chi connectivity index (χ2v) is 6.16. The van der Waals surface area contributed by atoms with E-state index in [9.17, 15) is 9.18 Å². The van der Waals surface area contributed by atoms with Gasteiger partial charge >= 0.3 is 0 Å². The van der Waals surface area contributed by atoms with Gasteiger partial charge in [0.1, 0.15) is 11.5 Å². The fourth-order valence-corrected chi connectivity index (χ4v) is 3.18. The minimum Gasteiger partial charge on any atom is -0.354 e. The zero-order valence-corrected chi connectivity index (χ0v) is 13.5. The van der Waals surface area contributed by atoms with E-state index in [-0.39, 0.29) is 18.0 Å². The predicted octanol–water partition coefficient (Wildman–Crippen LogP) is 2.32. The third-order valence-corrected chi connectivity index (χ3v) is 4.47. The molecule has 0 aliphatic carbocycles. The van der Waals surface area contributed by atoms with E-state index in [1.54, 1.807) is 29.5 Å². The maximum absolute atomic E-state index is 12.9. The van der Waals surface area contributed by atoms with Crippen LogP contribution in [-0.4, -0.2) is 48.9 Å². The molecule has 1 aliphatic rings. The van der Waals surface area contributed by atoms with Crippen LogP contribution in [-0.2, 0) is 15.9 Å². The van der Waals surface area contributed by atoms with Gasteiger partial charge < -0.3 is 14.4 Å². The maximum atomic E-state index is 12.9. The van der Waals surface area contributed by atoms with Crippen molar-refractivity contribution in [3.05, 3.63) is 51.7 Å². The number of carbonyl (C=O) groups excluding carboxylic acids is 1. The molecule has 5 nitrogen and oxygen atoms in total. The molecule has 1 saturated heterocycles. The van der Waals surface area contributed by atoms with Crippen LogP contribution >= 0.6 is 11.3 Å². The van der Waals surface area contributed by atoms with Crippen LogP contribution in [0.25, 0.3) is 0 Å². The molecule has 7 heteroatoms. The van der Waals surface area contributed by atoms with E-state index in [4.69, 9.17) is 9.47 Å². The first-order valence-electron chi connectivity index (χ1n) is 7.28. The van der Waals surface area contributed by atoms with Gasteiger partial charge in [0, 0.05) is 25.5 Å². The van der Waals surface area contributed by atoms with Crippen molar-refractivity contribution in [2.75, 3.05) is 26.8 Å². The Balaban J connectivity index is 1.66. The number of aromatic nitrogens is 1. The van der Waals surface area contributed by atoms with Gasteiger partial charge in [-0.1, -0.05) is 12.1 Å². The van der Waals surface area contributed by atoms with Gasteiger partial charge in [0.05, 0.1) is 18.2 Å². The molecule has 1 aromatic heterocycles. The Bertz CT molecular complexity index is 674. The average Bonchev–Trinajstić information content (AvgIpc) is 3.05. The Hall–Kier alpha value is -1.83. The van der Waals surface area contributed by atoms with E-state index in [0.717, 1.165) is 10.6 Å². The second kappa shape index (κ2) is 7.16. The van der Waals surface area contributed by atoms with E-state index in [2.05, 4.69) is 4.98 Å². The summed E-state index contributed by atoms with van der Waals surface area (Å²) in [5.41, 5.74) is 1.40. The summed E-state index contributed by atoms with van der Waals surface area (Å²) in [5, 5.41) is 2.59. The fraction of sp³-hybridized carbons (Fsp3) is 0.375. The first-order chi connectivity index (χ1) is 11.2. The number of thiazole rings is 1. The van der Waals surface area contributed by atoms with Gasteiger partial charge in [0.25, 0.3) is 5.91 Å². The van der Waals surface area contributed by atoms with Gasteiger partial charge in [-0.15, -0.1) is 11.3 Å². The number of methoxy groups -OCH3 is 1. The summed E-state index contributed by atoms with van der Waals surface area (Å²) in [6.45, 7) is 1.39. The Morgan fingerprint density at radius 3 is 3.00 bits per heavy atom. The number of carbonyl (C=O) groups is 1. The zero-order valence-electron chi connectivity index (χ0n) is 12.7. The second-order valence-electron chi connectivity index (χ2n) is 5.22. The summed E-state index contributed by atoms with van der Waals surface area (Å²) >= 11 is 1.43. The lowest BCUT2D eigenvalue weighted by Crippen LogP contribution is -2.46. The molecular formula is C16H17FN2O3S. The normalized spacial score (nSPS) is 18.2. The molecule has 23 heavy (non-hydrogen) atoms. The molecule has 0 N–H and O–H groups in total. The van der Waals surface area contributed by atoms with Gasteiger partial charge in [-0.25, -0.2) is 9.37 Å². The number of morpholine rings is 1. The molecule has 2 aromatic rings. The van der Waals surface area contributed by atoms with Gasteiger partial charge in [-0.05, 0) is 17.7 Å². The molecule has 1 amide bonds. The summed E-state index contributed by atoms with van der Waals surface area (Å²) < 4.78 is 23.4. The standard InChI is InChI=1S/C16H17FN2O3S/c1-21-15-9-19(6-7-22-15)16(20)13-10-23-14(18-13)8-11-2-4-12(17)5-3-11/h2-5,10,15H,6-9H2,1H3. The molecule has 3 rings (SSSR count). The van der Waals surface area contributed by atoms with Crippen LogP contribution in [0.5, 0.6) is 0 Å². The van der Waals surface area contributed by atoms with Crippen molar-refractivity contribution in [3.8, 4) is 0 Å². The van der Waals surface area contributed by atoms with Crippen LogP contribution in [0.15, 0.2) is 29.6 Å². The topological polar surface area (TPSA) is 51.7 Å². The smallest absolute Gasteiger partial charge is 0.273 e. The lowest BCUT2D eigenvalue weighted by molar-refractivity contribution is -0.157. The van der Waals surface area contributed by atoms with E-state index in [1.807, 2.05) is 0 Å². The molecule has 122 valence electrons. The number of benzene rings is 1. The molecule has 1 aromatic carbocycles. The molecule has 0 radical (unpaired) electrons. The maximum Gasteiger partial charge on any atom is 0.273 e. The highest BCUT2D eigenvalue weighted by Gasteiger charge is 2.26. The number of hydrogen-bond donors (Lipinski definition) is 0. The lowest BCUT2D eigenvalue weighted by Gasteiger charge is -2.31. The molecule has 2 heterocycles. The molecule has 1 aliphatic heterocycles. The summed E-state index contributed by atoms with van der Waals surface area (Å²) in [6.07, 6.45) is 0.201. The Kier molecular flexibility index (Phi) is 5.00. The molecule has 0 saturated carbocycles. The van der Waals surface area contributed by atoms with Gasteiger partial charge in [0.15, 0.2) is 6.29 Å². The van der Waals surface area contributed by atoms with Crippen molar-refractivity contribution in [2.24, 2.45) is 0 Å². The number of hydrogen-bond acceptors (Lipinski definition) is 5. The van der Waals surface area contributed by atoms with Crippen molar-refractivity contribution in [3.63, 3.8) is 0 Å². The first kappa shape index (κ1) is 16.0. The quantitative estimate of drug-likeness (QED) is 0.860. The summed E-state index contributed by atoms with van der Waals surface area (Å²) in [7, 11) is 1.56. The first-order valence-corrected chi connectivity index (χ1v) is 8.16. The van der Waals surface area contributed by atoms with Crippen LogP contribution in [0.2, 0.25) is 0 Å². The molecule has 1 atom stereocenters. The molecule has 0 bridgehead atoms. The van der Waals surface area contributed by atoms with Crippen molar-refractivity contribution in [1.82, 2.24) is 9.88 Å². The number of amides is 1. The number of nitrogens with zero attached hydrogens (tertiary/aromatic N) is 2. The van der Waals surface area contributed by atoms with Gasteiger partial charge in [-0.3, -0.25) is 4.79 Å². The zero-order chi connectivity index (χ0) is 16.2. The molecule has 1 fully saturated rings. The minimum atomic E-state index is -0.384. The van der Waals surface area contributed by atoms with Crippen LogP contribution in [0.4, 0.5) is 4.39 Å². The monoisotopic (exact) mass is 336 g/mol. The van der Waals surface area contributed by atoms with Crippen LogP contribution in [0.1, 0.15) is 21.1 Å². The van der Waals surface area contributed by atoms with E-state index in [1.165, 1.54) is 23.5 Å². The number of ether oxygens (including phenoxy) is 2. The largest absolute Gasteiger partial charge is 0.354 e. The summed E-state index contributed by atoms with van der Waals surface area (Å²) in [4.78, 5) is 18.6. The minimum absolute atomic E-state index is 0.114. The predicted molar refractivity (Wildman–Crippen MR) is 84.0 cm³/mol. The van der Waals surface area contributed by atoms with Gasteiger partial charge in [0.2, 0.25) is 0 Å². The van der Waals surface area contributed by atoms with E-state index < -0.39 is 0 Å². The third-order valence-electron chi connectivity index (χ3n) is 3.62. The SMILES string of the molecule is COC1CN(C(=O)c2csc(Cc3ccc(F)cc3)n2)CCO1. The van der Waals surface area contributed by atoms with Crippen molar-refractivity contribution in [1.29, 1.82) is 0 Å². The Morgan fingerprint density at radius 2 is 2.26 bits per heavy atom. The number of halogens is 1. The van der Waals surface area contributed by atoms with Crippen LogP contribution in [0, 0.1) is 5.82 Å². The number of rotatable bonds is 4. The van der Waals surface area contributed by atoms with Gasteiger partial charge in [-0.2, -0.15) is 0 Å². The Morgan fingerprint density at radius 1 is 1.48 bits per heavy atom. The average molecular weight is 336 g/mol. The van der Waals surface area contributed by atoms with Crippen molar-refractivity contribution >= 4 is 17.2 Å². The molecular weight excluding hydrogens is 319 g/mol. The highest BCUT2D eigenvalue weighted by molar-refractivity contribution is 7.09. The van der Waals surface area contributed by atoms with Crippen LogP contribution in [0.3, 0.4) is 0 Å². The molecule has 0 spiro atoms. The van der Waals surface area contributed by atoms with E-state index in [0.29, 0.717) is 31.8 Å². The highest BCUT2D eigenvalue weighted by Crippen LogP contribution is 2.17. The fourth-order valence-electron chi connectivity index (χ4n) is 2.37. The van der Waals surface area contributed by atoms with Crippen LogP contribution < -0.4 is 0 Å². The molecule has 1 unspecified atom stereocenters. The Labute approximate surface area is 137 Å². The van der Waals surface area contributed by atoms with Crippen molar-refractivity contribution in [2.45, 2.75) is 12.7 Å². The summed E-state index contributed by atoms with van der Waals surface area (Å²) in [5.74, 6) is -0.374. The highest BCUT2D eigenvalue weighted by atomic mass is 32.1. The summed E-state index contributed by atoms with van der Waals surface area (Å²) in [6, 6.07) is 6.30. The third kappa shape index (κ3) is 3.93. The lowest BCUT2D eigenvalue weighted by atomic mass is 10.1. The van der Waals surface area contributed by atoms with Crippen molar-refractivity contribution < 1.29 is 18.7 Å². The van der Waals surface area contributed by atoms with E-state index >= 15 is 0 Å².